The lowest BCUT2D eigenvalue weighted by Crippen LogP contribution is -2.62. The molecule has 3 aliphatic rings. The van der Waals surface area contributed by atoms with Crippen molar-refractivity contribution in [2.24, 2.45) is 29.6 Å². The first-order chi connectivity index (χ1) is 21.9. The molecular weight excluding hydrogens is 606 g/mol. The van der Waals surface area contributed by atoms with E-state index >= 15 is 0 Å². The van der Waals surface area contributed by atoms with Crippen molar-refractivity contribution in [2.45, 2.75) is 167 Å². The number of hydrogen-bond acceptors (Lipinski definition) is 11. The van der Waals surface area contributed by atoms with Crippen LogP contribution < -0.4 is 0 Å². The largest absolute Gasteiger partial charge is 0.387 e. The minimum absolute atomic E-state index is 0.00415. The van der Waals surface area contributed by atoms with Crippen LogP contribution in [0.2, 0.25) is 0 Å². The van der Waals surface area contributed by atoms with Gasteiger partial charge in [0.2, 0.25) is 0 Å². The number of nitrogens with zero attached hydrogens (tertiary/aromatic N) is 1. The molecule has 3 rings (SSSR count). The number of carbonyl (C=O) groups is 2. The number of ether oxygens (including phenoxy) is 5. The molecule has 16 atom stereocenters. The van der Waals surface area contributed by atoms with Crippen molar-refractivity contribution in [1.82, 2.24) is 4.90 Å². The molecule has 47 heavy (non-hydrogen) atoms. The first-order valence-electron chi connectivity index (χ1n) is 17.8. The van der Waals surface area contributed by atoms with Gasteiger partial charge in [0, 0.05) is 43.2 Å². The van der Waals surface area contributed by atoms with Gasteiger partial charge in [-0.05, 0) is 79.3 Å². The summed E-state index contributed by atoms with van der Waals surface area (Å²) in [5, 5.41) is 35.7. The predicted octanol–water partition coefficient (Wildman–Crippen LogP) is 3.73. The number of Topliss-reactive ketones (excluding diaryl/α,β-unsaturated/α-hetero) is 1. The van der Waals surface area contributed by atoms with E-state index in [4.69, 9.17) is 23.7 Å². The van der Waals surface area contributed by atoms with Crippen LogP contribution in [0.15, 0.2) is 0 Å². The molecule has 3 fully saturated rings. The van der Waals surface area contributed by atoms with Gasteiger partial charge in [0.1, 0.15) is 18.2 Å². The fourth-order valence-electron chi connectivity index (χ4n) is 8.68. The Bertz CT molecular complexity index is 996. The second-order valence-electron chi connectivity index (χ2n) is 15.7. The average Bonchev–Trinajstić information content (AvgIpc) is 2.97. The number of hydrogen-bond donors (Lipinski definition) is 3. The SMILES string of the molecule is CCC(OC)[C@@](C)(O)C[C@H]1C[C@](O)([C@H](OC2OC(C)CC(N(C)C)[C@H]2O)C(C)C(OC2CC(C)CC(C)O2)C(C)C=O)C[C@@H](C)C1=O. The zero-order chi connectivity index (χ0) is 35.4. The summed E-state index contributed by atoms with van der Waals surface area (Å²) in [5.74, 6) is -2.05. The van der Waals surface area contributed by atoms with Gasteiger partial charge in [-0.15, -0.1) is 0 Å². The van der Waals surface area contributed by atoms with Crippen LogP contribution in [0.25, 0.3) is 0 Å². The quantitative estimate of drug-likeness (QED) is 0.219. The molecule has 274 valence electrons. The second-order valence-corrected chi connectivity index (χ2v) is 15.7. The molecule has 3 N–H and O–H groups in total. The van der Waals surface area contributed by atoms with E-state index in [1.54, 1.807) is 27.9 Å². The van der Waals surface area contributed by atoms with Gasteiger partial charge in [-0.25, -0.2) is 0 Å². The molecule has 0 bridgehead atoms. The number of methoxy groups -OCH3 is 1. The minimum Gasteiger partial charge on any atom is -0.387 e. The zero-order valence-corrected chi connectivity index (χ0v) is 30.8. The van der Waals surface area contributed by atoms with E-state index in [-0.39, 0.29) is 43.3 Å². The molecule has 2 saturated heterocycles. The Kier molecular flexibility index (Phi) is 14.4. The highest BCUT2D eigenvalue weighted by atomic mass is 16.7. The highest BCUT2D eigenvalue weighted by Crippen LogP contribution is 2.45. The van der Waals surface area contributed by atoms with Gasteiger partial charge in [0.15, 0.2) is 12.6 Å². The van der Waals surface area contributed by atoms with Crippen LogP contribution in [0.5, 0.6) is 0 Å². The molecule has 2 heterocycles. The number of likely N-dealkylation sites (N-methyl/N-ethyl adjacent to an activating group) is 1. The molecule has 0 aromatic carbocycles. The van der Waals surface area contributed by atoms with Crippen LogP contribution >= 0.6 is 0 Å². The lowest BCUT2D eigenvalue weighted by Gasteiger charge is -2.51. The Hall–Kier alpha value is -1.02. The zero-order valence-electron chi connectivity index (χ0n) is 30.8. The third-order valence-corrected chi connectivity index (χ3v) is 11.0. The van der Waals surface area contributed by atoms with Gasteiger partial charge in [0.05, 0.1) is 41.7 Å². The number of aldehydes is 1. The van der Waals surface area contributed by atoms with Crippen molar-refractivity contribution >= 4 is 12.1 Å². The van der Waals surface area contributed by atoms with Crippen LogP contribution in [0.1, 0.15) is 100 Å². The maximum Gasteiger partial charge on any atom is 0.185 e. The molecule has 0 spiro atoms. The van der Waals surface area contributed by atoms with Gasteiger partial charge in [-0.2, -0.15) is 0 Å². The Morgan fingerprint density at radius 3 is 2.26 bits per heavy atom. The summed E-state index contributed by atoms with van der Waals surface area (Å²) < 4.78 is 31.2. The van der Waals surface area contributed by atoms with Crippen molar-refractivity contribution in [2.75, 3.05) is 21.2 Å². The van der Waals surface area contributed by atoms with Crippen molar-refractivity contribution in [3.8, 4) is 0 Å². The molecule has 0 aromatic rings. The van der Waals surface area contributed by atoms with Gasteiger partial charge >= 0.3 is 0 Å². The molecule has 0 aromatic heterocycles. The lowest BCUT2D eigenvalue weighted by molar-refractivity contribution is -0.310. The van der Waals surface area contributed by atoms with Crippen LogP contribution in [-0.2, 0) is 33.3 Å². The predicted molar refractivity (Wildman–Crippen MR) is 177 cm³/mol. The Balaban J connectivity index is 2.05. The van der Waals surface area contributed by atoms with E-state index in [0.29, 0.717) is 25.2 Å². The van der Waals surface area contributed by atoms with E-state index in [0.717, 1.165) is 12.7 Å². The fourth-order valence-corrected chi connectivity index (χ4v) is 8.68. The maximum absolute atomic E-state index is 13.6. The average molecular weight is 672 g/mol. The summed E-state index contributed by atoms with van der Waals surface area (Å²) in [6.07, 6.45) is -1.26. The summed E-state index contributed by atoms with van der Waals surface area (Å²) in [5.41, 5.74) is -2.90. The van der Waals surface area contributed by atoms with E-state index in [2.05, 4.69) is 6.92 Å². The first-order valence-corrected chi connectivity index (χ1v) is 17.8. The number of aliphatic hydroxyl groups excluding tert-OH is 1. The smallest absolute Gasteiger partial charge is 0.185 e. The number of ketones is 1. The Labute approximate surface area is 283 Å². The molecule has 1 saturated carbocycles. The third kappa shape index (κ3) is 9.82. The molecule has 2 aliphatic heterocycles. The molecule has 11 heteroatoms. The van der Waals surface area contributed by atoms with Crippen molar-refractivity contribution < 1.29 is 48.6 Å². The topological polar surface area (TPSA) is 144 Å². The summed E-state index contributed by atoms with van der Waals surface area (Å²) in [6, 6.07) is -0.247. The van der Waals surface area contributed by atoms with Crippen LogP contribution in [0, 0.1) is 29.6 Å². The number of rotatable bonds is 15. The van der Waals surface area contributed by atoms with Crippen LogP contribution in [0.3, 0.4) is 0 Å². The molecule has 10 unspecified atom stereocenters. The summed E-state index contributed by atoms with van der Waals surface area (Å²) >= 11 is 0. The van der Waals surface area contributed by atoms with E-state index in [1.807, 2.05) is 46.7 Å². The highest BCUT2D eigenvalue weighted by Gasteiger charge is 2.55. The van der Waals surface area contributed by atoms with Gasteiger partial charge in [0.25, 0.3) is 0 Å². The summed E-state index contributed by atoms with van der Waals surface area (Å²) in [4.78, 5) is 27.9. The molecule has 11 nitrogen and oxygen atoms in total. The van der Waals surface area contributed by atoms with Crippen LogP contribution in [-0.4, -0.2) is 120 Å². The van der Waals surface area contributed by atoms with E-state index < -0.39 is 71.9 Å². The first kappa shape index (κ1) is 40.4. The third-order valence-electron chi connectivity index (χ3n) is 11.0. The van der Waals surface area contributed by atoms with Crippen LogP contribution in [0.4, 0.5) is 0 Å². The Morgan fingerprint density at radius 2 is 1.70 bits per heavy atom. The van der Waals surface area contributed by atoms with Crippen molar-refractivity contribution in [1.29, 1.82) is 0 Å². The monoisotopic (exact) mass is 671 g/mol. The molecule has 1 aliphatic carbocycles. The summed E-state index contributed by atoms with van der Waals surface area (Å²) in [7, 11) is 5.33. The molecular formula is C36H65NO10. The van der Waals surface area contributed by atoms with Crippen molar-refractivity contribution in [3.05, 3.63) is 0 Å². The lowest BCUT2D eigenvalue weighted by atomic mass is 9.64. The van der Waals surface area contributed by atoms with E-state index in [1.165, 1.54) is 0 Å². The minimum atomic E-state index is -1.59. The fraction of sp³-hybridized carbons (Fsp3) is 0.944. The van der Waals surface area contributed by atoms with Gasteiger partial charge in [-0.1, -0.05) is 34.6 Å². The molecule has 0 amide bonds. The molecule has 0 radical (unpaired) electrons. The standard InChI is InChI=1S/C36H65NO10/c1-12-28(43-11)35(8,41)17-26-18-36(42,16-21(3)30(26)39)33(47-34-31(40)27(37(9)10)15-24(6)45-34)25(7)32(22(4)19-38)46-29-14-20(2)13-23(5)44-29/h19-29,31-34,40-42H,12-18H2,1-11H3/t20?,21-,22?,23?,24?,25?,26+,27?,28?,29?,31-,32?,33-,34?,35+,36+/m1/s1. The highest BCUT2D eigenvalue weighted by molar-refractivity contribution is 5.84. The summed E-state index contributed by atoms with van der Waals surface area (Å²) in [6.45, 7) is 15.1. The van der Waals surface area contributed by atoms with Gasteiger partial charge in [-0.3, -0.25) is 4.79 Å². The number of aliphatic hydroxyl groups is 3. The normalized spacial score (nSPS) is 39.9. The van der Waals surface area contributed by atoms with Crippen molar-refractivity contribution in [3.63, 3.8) is 0 Å². The number of carbonyl (C=O) groups excluding carboxylic acids is 2. The van der Waals surface area contributed by atoms with E-state index in [9.17, 15) is 24.9 Å². The maximum atomic E-state index is 13.6. The second kappa shape index (κ2) is 16.8. The Morgan fingerprint density at radius 1 is 1.06 bits per heavy atom. The van der Waals surface area contributed by atoms with Gasteiger partial charge < -0.3 is 48.7 Å².